The van der Waals surface area contributed by atoms with Crippen LogP contribution in [0.15, 0.2) is 60.9 Å². The molecule has 4 rings (SSSR count). The molecular formula is C30H39N5O3. The second kappa shape index (κ2) is 13.2. The van der Waals surface area contributed by atoms with Crippen molar-refractivity contribution in [2.45, 2.75) is 39.8 Å². The van der Waals surface area contributed by atoms with Gasteiger partial charge >= 0.3 is 0 Å². The molecule has 0 unspecified atom stereocenters. The quantitative estimate of drug-likeness (QED) is 0.446. The van der Waals surface area contributed by atoms with Crippen molar-refractivity contribution in [3.05, 3.63) is 72.1 Å². The van der Waals surface area contributed by atoms with E-state index in [1.54, 1.807) is 26.6 Å². The van der Waals surface area contributed by atoms with Gasteiger partial charge in [0.2, 0.25) is 11.9 Å². The van der Waals surface area contributed by atoms with Crippen molar-refractivity contribution in [2.24, 2.45) is 5.92 Å². The standard InChI is InChI=1S/C30H39N5O3/c1-23(2)20-28(36)35-17-9-16-34(30-31-14-8-15-32-30)19-18-33(21-24-10-5-6-12-26(24)35)22-25-11-7-13-27(37-3)29(25)38-4/h5-8,10-15,23H,9,16-22H2,1-4H3. The third-order valence-electron chi connectivity index (χ3n) is 6.77. The van der Waals surface area contributed by atoms with E-state index >= 15 is 0 Å². The molecule has 2 heterocycles. The Morgan fingerprint density at radius 1 is 0.921 bits per heavy atom. The number of amides is 1. The molecule has 0 radical (unpaired) electrons. The first-order chi connectivity index (χ1) is 18.5. The molecule has 1 aromatic heterocycles. The first kappa shape index (κ1) is 27.4. The monoisotopic (exact) mass is 517 g/mol. The fraction of sp³-hybridized carbons (Fsp3) is 0.433. The van der Waals surface area contributed by atoms with Crippen LogP contribution in [-0.4, -0.2) is 61.2 Å². The Hall–Kier alpha value is -3.65. The van der Waals surface area contributed by atoms with E-state index in [0.717, 1.165) is 48.6 Å². The Morgan fingerprint density at radius 2 is 1.71 bits per heavy atom. The molecule has 0 saturated heterocycles. The molecule has 2 aromatic carbocycles. The molecule has 0 N–H and O–H groups in total. The first-order valence-corrected chi connectivity index (χ1v) is 13.3. The minimum absolute atomic E-state index is 0.162. The van der Waals surface area contributed by atoms with Gasteiger partial charge in [-0.25, -0.2) is 9.97 Å². The van der Waals surface area contributed by atoms with Crippen molar-refractivity contribution < 1.29 is 14.3 Å². The van der Waals surface area contributed by atoms with Gasteiger partial charge in [-0.15, -0.1) is 0 Å². The molecule has 3 aromatic rings. The van der Waals surface area contributed by atoms with Gasteiger partial charge in [-0.05, 0) is 36.1 Å². The van der Waals surface area contributed by atoms with Crippen LogP contribution in [0.4, 0.5) is 11.6 Å². The molecule has 38 heavy (non-hydrogen) atoms. The maximum atomic E-state index is 13.4. The van der Waals surface area contributed by atoms with Crippen LogP contribution in [0, 0.1) is 5.92 Å². The number of hydrogen-bond donors (Lipinski definition) is 0. The molecule has 202 valence electrons. The minimum Gasteiger partial charge on any atom is -0.493 e. The number of rotatable bonds is 7. The summed E-state index contributed by atoms with van der Waals surface area (Å²) in [5.74, 6) is 2.63. The molecule has 1 aliphatic heterocycles. The fourth-order valence-electron chi connectivity index (χ4n) is 4.97. The highest BCUT2D eigenvalue weighted by molar-refractivity contribution is 5.94. The zero-order valence-electron chi connectivity index (χ0n) is 23.0. The second-order valence-corrected chi connectivity index (χ2v) is 10.0. The van der Waals surface area contributed by atoms with E-state index in [-0.39, 0.29) is 5.91 Å². The summed E-state index contributed by atoms with van der Waals surface area (Å²) in [5.41, 5.74) is 3.18. The zero-order chi connectivity index (χ0) is 26.9. The van der Waals surface area contributed by atoms with Gasteiger partial charge in [0.15, 0.2) is 11.5 Å². The summed E-state index contributed by atoms with van der Waals surface area (Å²) in [5, 5.41) is 0. The topological polar surface area (TPSA) is 71.0 Å². The van der Waals surface area contributed by atoms with Crippen molar-refractivity contribution >= 4 is 17.5 Å². The van der Waals surface area contributed by atoms with Gasteiger partial charge < -0.3 is 19.3 Å². The molecule has 0 spiro atoms. The molecule has 8 heteroatoms. The van der Waals surface area contributed by atoms with E-state index < -0.39 is 0 Å². The van der Waals surface area contributed by atoms with Gasteiger partial charge in [0, 0.05) is 69.3 Å². The van der Waals surface area contributed by atoms with Crippen LogP contribution < -0.4 is 19.3 Å². The molecule has 1 aliphatic rings. The number of carbonyl (C=O) groups is 1. The lowest BCUT2D eigenvalue weighted by Crippen LogP contribution is -2.37. The van der Waals surface area contributed by atoms with E-state index in [2.05, 4.69) is 57.9 Å². The van der Waals surface area contributed by atoms with E-state index in [4.69, 9.17) is 9.47 Å². The van der Waals surface area contributed by atoms with Crippen LogP contribution in [0.25, 0.3) is 0 Å². The van der Waals surface area contributed by atoms with Crippen molar-refractivity contribution in [2.75, 3.05) is 50.2 Å². The number of carbonyl (C=O) groups excluding carboxylic acids is 1. The summed E-state index contributed by atoms with van der Waals surface area (Å²) < 4.78 is 11.3. The number of para-hydroxylation sites is 2. The number of anilines is 2. The van der Waals surface area contributed by atoms with Crippen LogP contribution in [0.3, 0.4) is 0 Å². The summed E-state index contributed by atoms with van der Waals surface area (Å²) in [6, 6.07) is 16.1. The van der Waals surface area contributed by atoms with Crippen molar-refractivity contribution in [3.63, 3.8) is 0 Å². The molecule has 0 fully saturated rings. The molecule has 0 atom stereocenters. The largest absolute Gasteiger partial charge is 0.493 e. The van der Waals surface area contributed by atoms with E-state index in [1.165, 1.54) is 0 Å². The third-order valence-corrected chi connectivity index (χ3v) is 6.77. The van der Waals surface area contributed by atoms with Crippen LogP contribution in [0.1, 0.15) is 37.8 Å². The predicted molar refractivity (Wildman–Crippen MR) is 151 cm³/mol. The lowest BCUT2D eigenvalue weighted by Gasteiger charge is -2.29. The highest BCUT2D eigenvalue weighted by Crippen LogP contribution is 2.32. The smallest absolute Gasteiger partial charge is 0.227 e. The summed E-state index contributed by atoms with van der Waals surface area (Å²) in [6.45, 7) is 8.49. The highest BCUT2D eigenvalue weighted by atomic mass is 16.5. The number of hydrogen-bond acceptors (Lipinski definition) is 7. The Balaban J connectivity index is 1.71. The molecule has 8 nitrogen and oxygen atoms in total. The van der Waals surface area contributed by atoms with Gasteiger partial charge in [0.1, 0.15) is 0 Å². The Kier molecular flexibility index (Phi) is 9.54. The normalized spacial score (nSPS) is 15.1. The zero-order valence-corrected chi connectivity index (χ0v) is 23.0. The van der Waals surface area contributed by atoms with Gasteiger partial charge in [-0.2, -0.15) is 0 Å². The number of methoxy groups -OCH3 is 2. The molecule has 0 bridgehead atoms. The summed E-state index contributed by atoms with van der Waals surface area (Å²) >= 11 is 0. The Bertz CT molecular complexity index is 1190. The lowest BCUT2D eigenvalue weighted by atomic mass is 10.1. The number of aromatic nitrogens is 2. The Morgan fingerprint density at radius 3 is 2.45 bits per heavy atom. The number of ether oxygens (including phenoxy) is 2. The lowest BCUT2D eigenvalue weighted by molar-refractivity contribution is -0.119. The van der Waals surface area contributed by atoms with Crippen LogP contribution in [-0.2, 0) is 17.9 Å². The van der Waals surface area contributed by atoms with Crippen molar-refractivity contribution in [1.29, 1.82) is 0 Å². The summed E-state index contributed by atoms with van der Waals surface area (Å²) in [4.78, 5) is 29.1. The van der Waals surface area contributed by atoms with Crippen molar-refractivity contribution in [1.82, 2.24) is 14.9 Å². The summed E-state index contributed by atoms with van der Waals surface area (Å²) in [6.07, 6.45) is 4.89. The number of nitrogens with zero attached hydrogens (tertiary/aromatic N) is 5. The average molecular weight is 518 g/mol. The van der Waals surface area contributed by atoms with Crippen LogP contribution in [0.2, 0.25) is 0 Å². The molecule has 1 amide bonds. The number of benzene rings is 2. The third kappa shape index (κ3) is 6.81. The highest BCUT2D eigenvalue weighted by Gasteiger charge is 2.23. The average Bonchev–Trinajstić information content (AvgIpc) is 2.96. The van der Waals surface area contributed by atoms with E-state index in [1.807, 2.05) is 29.2 Å². The molecule has 0 aliphatic carbocycles. The molecule has 0 saturated carbocycles. The van der Waals surface area contributed by atoms with Crippen molar-refractivity contribution in [3.8, 4) is 11.5 Å². The van der Waals surface area contributed by atoms with Crippen LogP contribution in [0.5, 0.6) is 11.5 Å². The maximum Gasteiger partial charge on any atom is 0.227 e. The van der Waals surface area contributed by atoms with E-state index in [0.29, 0.717) is 43.7 Å². The second-order valence-electron chi connectivity index (χ2n) is 10.0. The van der Waals surface area contributed by atoms with Gasteiger partial charge in [0.25, 0.3) is 0 Å². The Labute approximate surface area is 226 Å². The van der Waals surface area contributed by atoms with Gasteiger partial charge in [-0.1, -0.05) is 44.2 Å². The van der Waals surface area contributed by atoms with E-state index in [9.17, 15) is 4.79 Å². The fourth-order valence-corrected chi connectivity index (χ4v) is 4.97. The number of fused-ring (bicyclic) bond motifs is 1. The predicted octanol–water partition coefficient (Wildman–Crippen LogP) is 4.79. The van der Waals surface area contributed by atoms with Gasteiger partial charge in [0.05, 0.1) is 14.2 Å². The SMILES string of the molecule is COc1cccc(CN2CCN(c3ncccn3)CCCN(C(=O)CC(C)C)c3ccccc3C2)c1OC. The molecular weight excluding hydrogens is 478 g/mol. The first-order valence-electron chi connectivity index (χ1n) is 13.3. The minimum atomic E-state index is 0.162. The summed E-state index contributed by atoms with van der Waals surface area (Å²) in [7, 11) is 3.34. The van der Waals surface area contributed by atoms with Crippen LogP contribution >= 0.6 is 0 Å². The maximum absolute atomic E-state index is 13.4. The van der Waals surface area contributed by atoms with Gasteiger partial charge in [-0.3, -0.25) is 9.69 Å².